The predicted octanol–water partition coefficient (Wildman–Crippen LogP) is 0.265. The molecule has 6 N–H and O–H groups in total. The Morgan fingerprint density at radius 3 is 2.23 bits per heavy atom. The molecule has 0 aromatic heterocycles. The van der Waals surface area contributed by atoms with Gasteiger partial charge in [0.25, 0.3) is 0 Å². The Morgan fingerprint density at radius 2 is 1.61 bits per heavy atom. The number of carbonyl (C=O) groups excluding carboxylic acids is 1. The number of hydrogen-bond acceptors (Lipinski definition) is 9. The smallest absolute Gasteiger partial charge is 0.335 e. The highest BCUT2D eigenvalue weighted by atomic mass is 16.7. The first-order valence-corrected chi connectivity index (χ1v) is 9.11. The lowest BCUT2D eigenvalue weighted by atomic mass is 9.99. The summed E-state index contributed by atoms with van der Waals surface area (Å²) < 4.78 is 10.4. The highest BCUT2D eigenvalue weighted by molar-refractivity contribution is 6.08. The summed E-state index contributed by atoms with van der Waals surface area (Å²) in [4.78, 5) is 23.3. The maximum Gasteiger partial charge on any atom is 0.335 e. The van der Waals surface area contributed by atoms with Gasteiger partial charge in [-0.05, 0) is 35.9 Å². The minimum absolute atomic E-state index is 0.0196. The van der Waals surface area contributed by atoms with Crippen molar-refractivity contribution < 1.29 is 49.7 Å². The number of aliphatic hydroxyl groups excluding tert-OH is 3. The number of phenols is 2. The van der Waals surface area contributed by atoms with E-state index in [-0.39, 0.29) is 22.8 Å². The fraction of sp³-hybridized carbons (Fsp3) is 0.238. The van der Waals surface area contributed by atoms with Gasteiger partial charge in [0.1, 0.15) is 35.6 Å². The minimum Gasteiger partial charge on any atom is -0.508 e. The van der Waals surface area contributed by atoms with E-state index in [1.807, 2.05) is 0 Å². The fourth-order valence-corrected chi connectivity index (χ4v) is 2.93. The second-order valence-corrected chi connectivity index (χ2v) is 6.82. The summed E-state index contributed by atoms with van der Waals surface area (Å²) in [5.74, 6) is -2.34. The van der Waals surface area contributed by atoms with E-state index in [1.165, 1.54) is 36.4 Å². The van der Waals surface area contributed by atoms with Gasteiger partial charge in [-0.1, -0.05) is 18.2 Å². The number of allylic oxidation sites excluding steroid dienone is 1. The summed E-state index contributed by atoms with van der Waals surface area (Å²) in [5, 5.41) is 57.5. The molecular formula is C21H20O10. The van der Waals surface area contributed by atoms with Crippen LogP contribution in [-0.2, 0) is 9.53 Å². The number of carbonyl (C=O) groups is 2. The highest BCUT2D eigenvalue weighted by Gasteiger charge is 2.48. The van der Waals surface area contributed by atoms with Crippen LogP contribution in [0.5, 0.6) is 17.2 Å². The topological polar surface area (TPSA) is 174 Å². The average molecular weight is 432 g/mol. The van der Waals surface area contributed by atoms with Crippen molar-refractivity contribution in [1.82, 2.24) is 0 Å². The summed E-state index contributed by atoms with van der Waals surface area (Å²) in [7, 11) is 0. The van der Waals surface area contributed by atoms with Crippen molar-refractivity contribution in [3.8, 4) is 17.2 Å². The second kappa shape index (κ2) is 9.14. The molecule has 10 heteroatoms. The molecule has 1 saturated heterocycles. The molecule has 10 nitrogen and oxygen atoms in total. The number of aliphatic hydroxyl groups is 3. The first-order chi connectivity index (χ1) is 14.7. The van der Waals surface area contributed by atoms with Crippen molar-refractivity contribution >= 4 is 17.8 Å². The maximum absolute atomic E-state index is 12.2. The van der Waals surface area contributed by atoms with Crippen molar-refractivity contribution in [2.45, 2.75) is 30.7 Å². The van der Waals surface area contributed by atoms with E-state index >= 15 is 0 Å². The molecule has 0 amide bonds. The molecule has 1 fully saturated rings. The van der Waals surface area contributed by atoms with Crippen LogP contribution >= 0.6 is 0 Å². The van der Waals surface area contributed by atoms with Crippen LogP contribution in [0.25, 0.3) is 6.08 Å². The van der Waals surface area contributed by atoms with Crippen LogP contribution in [0.15, 0.2) is 48.5 Å². The molecule has 0 saturated carbocycles. The number of ether oxygens (including phenoxy) is 2. The van der Waals surface area contributed by atoms with Gasteiger partial charge in [0.15, 0.2) is 11.9 Å². The van der Waals surface area contributed by atoms with Crippen molar-refractivity contribution in [2.75, 3.05) is 0 Å². The Hall–Kier alpha value is -3.44. The number of ketones is 1. The van der Waals surface area contributed by atoms with E-state index in [2.05, 4.69) is 0 Å². The molecule has 3 rings (SSSR count). The van der Waals surface area contributed by atoms with Crippen LogP contribution in [0.1, 0.15) is 15.9 Å². The van der Waals surface area contributed by atoms with Gasteiger partial charge in [0.2, 0.25) is 6.29 Å². The maximum atomic E-state index is 12.2. The lowest BCUT2D eigenvalue weighted by Gasteiger charge is -2.38. The van der Waals surface area contributed by atoms with E-state index in [9.17, 15) is 35.1 Å². The Morgan fingerprint density at radius 1 is 0.935 bits per heavy atom. The van der Waals surface area contributed by atoms with Gasteiger partial charge in [-0.15, -0.1) is 0 Å². The van der Waals surface area contributed by atoms with Crippen LogP contribution < -0.4 is 4.74 Å². The third-order valence-electron chi connectivity index (χ3n) is 4.62. The second-order valence-electron chi connectivity index (χ2n) is 6.82. The molecule has 2 aromatic rings. The molecule has 0 radical (unpaired) electrons. The Kier molecular flexibility index (Phi) is 6.56. The van der Waals surface area contributed by atoms with Crippen LogP contribution in [0.3, 0.4) is 0 Å². The van der Waals surface area contributed by atoms with Gasteiger partial charge in [0.05, 0.1) is 5.56 Å². The molecule has 2 aromatic carbocycles. The number of aromatic hydroxyl groups is 2. The molecule has 5 atom stereocenters. The summed E-state index contributed by atoms with van der Waals surface area (Å²) in [6, 6.07) is 9.67. The van der Waals surface area contributed by atoms with Crippen molar-refractivity contribution in [3.05, 3.63) is 59.7 Å². The Balaban J connectivity index is 1.66. The average Bonchev–Trinajstić information content (AvgIpc) is 2.73. The fourth-order valence-electron chi connectivity index (χ4n) is 2.93. The van der Waals surface area contributed by atoms with E-state index < -0.39 is 42.5 Å². The number of benzene rings is 2. The van der Waals surface area contributed by atoms with Gasteiger partial charge < -0.3 is 40.1 Å². The standard InChI is InChI=1S/C21H20O10/c22-11-4-7-13(15(24)9-11)14(23)8-3-10-1-5-12(6-2-10)30-21-18(27)16(25)17(26)19(31-21)20(28)29/h1-9,16-19,21-22,24-27H,(H,28,29)/b8-3+/t16-,17-,18+,19-,21+/m0/s1. The van der Waals surface area contributed by atoms with Crippen LogP contribution in [-0.4, -0.2) is 73.1 Å². The monoisotopic (exact) mass is 432 g/mol. The third-order valence-corrected chi connectivity index (χ3v) is 4.62. The zero-order valence-electron chi connectivity index (χ0n) is 15.9. The summed E-state index contributed by atoms with van der Waals surface area (Å²) >= 11 is 0. The van der Waals surface area contributed by atoms with Gasteiger partial charge in [-0.3, -0.25) is 4.79 Å². The highest BCUT2D eigenvalue weighted by Crippen LogP contribution is 2.26. The van der Waals surface area contributed by atoms with Crippen molar-refractivity contribution in [3.63, 3.8) is 0 Å². The zero-order chi connectivity index (χ0) is 22.7. The molecule has 1 aliphatic heterocycles. The molecule has 31 heavy (non-hydrogen) atoms. The Bertz CT molecular complexity index is 984. The van der Waals surface area contributed by atoms with E-state index in [0.29, 0.717) is 5.56 Å². The number of hydrogen-bond donors (Lipinski definition) is 6. The van der Waals surface area contributed by atoms with Gasteiger partial charge in [0, 0.05) is 6.07 Å². The Labute approximate surface area is 175 Å². The van der Waals surface area contributed by atoms with Gasteiger partial charge in [-0.2, -0.15) is 0 Å². The van der Waals surface area contributed by atoms with Crippen LogP contribution in [0.2, 0.25) is 0 Å². The first-order valence-electron chi connectivity index (χ1n) is 9.11. The quantitative estimate of drug-likeness (QED) is 0.274. The lowest BCUT2D eigenvalue weighted by Crippen LogP contribution is -2.61. The summed E-state index contributed by atoms with van der Waals surface area (Å²) in [6.07, 6.45) is -5.86. The van der Waals surface area contributed by atoms with Crippen molar-refractivity contribution in [1.29, 1.82) is 0 Å². The molecule has 1 heterocycles. The number of phenolic OH excluding ortho intramolecular Hbond substituents is 2. The SMILES string of the molecule is O=C(/C=C/c1ccc(O[C@@H]2O[C@H](C(=O)O)[C@@H](O)[C@H](O)[C@H]2O)cc1)c1ccc(O)cc1O. The molecule has 164 valence electrons. The molecule has 0 spiro atoms. The molecule has 1 aliphatic rings. The predicted molar refractivity (Wildman–Crippen MR) is 105 cm³/mol. The zero-order valence-corrected chi connectivity index (χ0v) is 15.9. The van der Waals surface area contributed by atoms with E-state index in [0.717, 1.165) is 6.07 Å². The number of carboxylic acid groups (broad SMARTS) is 1. The number of rotatable bonds is 6. The lowest BCUT2D eigenvalue weighted by molar-refractivity contribution is -0.271. The van der Waals surface area contributed by atoms with E-state index in [4.69, 9.17) is 14.6 Å². The van der Waals surface area contributed by atoms with Crippen LogP contribution in [0.4, 0.5) is 0 Å². The van der Waals surface area contributed by atoms with Crippen LogP contribution in [0, 0.1) is 0 Å². The normalized spacial score (nSPS) is 26.0. The molecule has 0 aliphatic carbocycles. The van der Waals surface area contributed by atoms with Gasteiger partial charge >= 0.3 is 5.97 Å². The van der Waals surface area contributed by atoms with Crippen molar-refractivity contribution in [2.24, 2.45) is 0 Å². The minimum atomic E-state index is -1.81. The largest absolute Gasteiger partial charge is 0.508 e. The first kappa shape index (κ1) is 22.2. The summed E-state index contributed by atoms with van der Waals surface area (Å²) in [6.45, 7) is 0. The number of aliphatic carboxylic acids is 1. The molecule has 0 bridgehead atoms. The number of carboxylic acids is 1. The molecule has 0 unspecified atom stereocenters. The molecular weight excluding hydrogens is 412 g/mol. The van der Waals surface area contributed by atoms with Gasteiger partial charge in [-0.25, -0.2) is 4.79 Å². The third kappa shape index (κ3) is 5.01. The summed E-state index contributed by atoms with van der Waals surface area (Å²) in [5.41, 5.74) is 0.606. The van der Waals surface area contributed by atoms with E-state index in [1.54, 1.807) is 12.1 Å².